The standard InChI is InChI=1S/C19H26N2O10/c1-19(2,3)31-18(25)20-9-8-16(22)30-15-12-13(17(23)24)6-7-14(15)28-10-4-5-11-29-21(26)27/h6-7,12H,4-5,8-11H2,1-3H3,(H,20,25)(H,23,24). The fraction of sp³-hybridized carbons (Fsp3) is 0.526. The number of benzene rings is 1. The lowest BCUT2D eigenvalue weighted by atomic mass is 10.2. The summed E-state index contributed by atoms with van der Waals surface area (Å²) in [5, 5.41) is 20.7. The Morgan fingerprint density at radius 1 is 1.13 bits per heavy atom. The molecule has 0 heterocycles. The van der Waals surface area contributed by atoms with Crippen molar-refractivity contribution in [2.75, 3.05) is 19.8 Å². The van der Waals surface area contributed by atoms with Crippen LogP contribution in [0.1, 0.15) is 50.4 Å². The molecular formula is C19H26N2O10. The Bertz CT molecular complexity index is 788. The first-order chi connectivity index (χ1) is 14.5. The third kappa shape index (κ3) is 11.3. The van der Waals surface area contributed by atoms with Crippen LogP contribution in [0.5, 0.6) is 11.5 Å². The molecule has 12 nitrogen and oxygen atoms in total. The highest BCUT2D eigenvalue weighted by atomic mass is 16.9. The summed E-state index contributed by atoms with van der Waals surface area (Å²) >= 11 is 0. The van der Waals surface area contributed by atoms with E-state index in [2.05, 4.69) is 10.2 Å². The number of rotatable bonds is 12. The maximum absolute atomic E-state index is 12.1. The van der Waals surface area contributed by atoms with E-state index in [9.17, 15) is 24.5 Å². The summed E-state index contributed by atoms with van der Waals surface area (Å²) in [4.78, 5) is 49.1. The number of carbonyl (C=O) groups excluding carboxylic acids is 2. The Morgan fingerprint density at radius 2 is 1.81 bits per heavy atom. The Kier molecular flexibility index (Phi) is 10.0. The van der Waals surface area contributed by atoms with Crippen LogP contribution >= 0.6 is 0 Å². The number of hydrogen-bond donors (Lipinski definition) is 2. The zero-order valence-corrected chi connectivity index (χ0v) is 17.5. The molecule has 0 aromatic heterocycles. The van der Waals surface area contributed by atoms with E-state index in [-0.39, 0.29) is 43.2 Å². The topological polar surface area (TPSA) is 164 Å². The van der Waals surface area contributed by atoms with Gasteiger partial charge in [0.15, 0.2) is 11.5 Å². The van der Waals surface area contributed by atoms with Crippen molar-refractivity contribution in [2.24, 2.45) is 0 Å². The molecule has 31 heavy (non-hydrogen) atoms. The molecule has 0 aliphatic rings. The minimum atomic E-state index is -1.22. The van der Waals surface area contributed by atoms with Crippen molar-refractivity contribution >= 4 is 18.0 Å². The van der Waals surface area contributed by atoms with Crippen molar-refractivity contribution in [1.82, 2.24) is 5.32 Å². The summed E-state index contributed by atoms with van der Waals surface area (Å²) in [6.07, 6.45) is -0.0893. The zero-order chi connectivity index (χ0) is 23.4. The highest BCUT2D eigenvalue weighted by molar-refractivity contribution is 5.89. The fourth-order valence-corrected chi connectivity index (χ4v) is 2.12. The molecule has 0 atom stereocenters. The number of unbranched alkanes of at least 4 members (excludes halogenated alkanes) is 1. The van der Waals surface area contributed by atoms with Gasteiger partial charge in [-0.1, -0.05) is 0 Å². The molecule has 2 N–H and O–H groups in total. The van der Waals surface area contributed by atoms with Gasteiger partial charge in [0.2, 0.25) is 0 Å². The van der Waals surface area contributed by atoms with Crippen LogP contribution < -0.4 is 14.8 Å². The maximum Gasteiger partial charge on any atom is 0.407 e. The van der Waals surface area contributed by atoms with E-state index in [1.54, 1.807) is 20.8 Å². The van der Waals surface area contributed by atoms with Crippen LogP contribution in [0.3, 0.4) is 0 Å². The van der Waals surface area contributed by atoms with Gasteiger partial charge in [-0.15, -0.1) is 10.1 Å². The molecule has 1 rings (SSSR count). The molecule has 0 radical (unpaired) electrons. The Labute approximate surface area is 178 Å². The molecule has 0 saturated carbocycles. The second-order valence-corrected chi connectivity index (χ2v) is 7.23. The van der Waals surface area contributed by atoms with Crippen LogP contribution in [-0.4, -0.2) is 53.6 Å². The Morgan fingerprint density at radius 3 is 2.42 bits per heavy atom. The predicted octanol–water partition coefficient (Wildman–Crippen LogP) is 2.57. The lowest BCUT2D eigenvalue weighted by Crippen LogP contribution is -2.34. The molecule has 172 valence electrons. The van der Waals surface area contributed by atoms with Gasteiger partial charge in [-0.25, -0.2) is 9.59 Å². The van der Waals surface area contributed by atoms with Gasteiger partial charge in [0.05, 0.1) is 25.2 Å². The molecule has 1 aromatic carbocycles. The first-order valence-electron chi connectivity index (χ1n) is 9.43. The molecule has 1 aromatic rings. The number of aromatic carboxylic acids is 1. The number of amides is 1. The minimum Gasteiger partial charge on any atom is -0.490 e. The molecule has 0 fully saturated rings. The number of esters is 1. The number of nitrogens with zero attached hydrogens (tertiary/aromatic N) is 1. The molecule has 0 aliphatic carbocycles. The third-order valence-corrected chi connectivity index (χ3v) is 3.40. The highest BCUT2D eigenvalue weighted by Crippen LogP contribution is 2.29. The SMILES string of the molecule is CC(C)(C)OC(=O)NCCC(=O)Oc1cc(C(=O)O)ccc1OCCCCO[N+](=O)[O-]. The monoisotopic (exact) mass is 442 g/mol. The summed E-state index contributed by atoms with van der Waals surface area (Å²) in [5.74, 6) is -1.90. The summed E-state index contributed by atoms with van der Waals surface area (Å²) in [6, 6.07) is 3.78. The smallest absolute Gasteiger partial charge is 0.407 e. The molecule has 0 saturated heterocycles. The van der Waals surface area contributed by atoms with E-state index in [1.807, 2.05) is 0 Å². The van der Waals surface area contributed by atoms with E-state index < -0.39 is 28.7 Å². The van der Waals surface area contributed by atoms with Gasteiger partial charge in [0.1, 0.15) is 5.60 Å². The molecular weight excluding hydrogens is 416 g/mol. The third-order valence-electron chi connectivity index (χ3n) is 3.40. The van der Waals surface area contributed by atoms with Crippen molar-refractivity contribution < 1.29 is 43.6 Å². The van der Waals surface area contributed by atoms with Crippen molar-refractivity contribution in [3.63, 3.8) is 0 Å². The van der Waals surface area contributed by atoms with Gasteiger partial charge in [-0.2, -0.15) is 0 Å². The number of carboxylic acid groups (broad SMARTS) is 1. The van der Waals surface area contributed by atoms with E-state index in [4.69, 9.17) is 19.3 Å². The van der Waals surface area contributed by atoms with Crippen molar-refractivity contribution in [2.45, 2.75) is 45.6 Å². The predicted molar refractivity (Wildman–Crippen MR) is 106 cm³/mol. The average Bonchev–Trinajstić information content (AvgIpc) is 2.63. The molecule has 1 amide bonds. The van der Waals surface area contributed by atoms with Gasteiger partial charge in [0, 0.05) is 6.54 Å². The van der Waals surface area contributed by atoms with Crippen LogP contribution in [0.15, 0.2) is 18.2 Å². The van der Waals surface area contributed by atoms with E-state index >= 15 is 0 Å². The number of nitrogens with one attached hydrogen (secondary N) is 1. The minimum absolute atomic E-state index is 0.0427. The summed E-state index contributed by atoms with van der Waals surface area (Å²) < 4.78 is 15.7. The lowest BCUT2D eigenvalue weighted by molar-refractivity contribution is -0.757. The van der Waals surface area contributed by atoms with E-state index in [1.165, 1.54) is 12.1 Å². The summed E-state index contributed by atoms with van der Waals surface area (Å²) in [6.45, 7) is 5.12. The van der Waals surface area contributed by atoms with Crippen molar-refractivity contribution in [3.05, 3.63) is 33.9 Å². The van der Waals surface area contributed by atoms with Gasteiger partial charge < -0.3 is 29.5 Å². The average molecular weight is 442 g/mol. The molecule has 0 bridgehead atoms. The van der Waals surface area contributed by atoms with E-state index in [0.29, 0.717) is 12.8 Å². The lowest BCUT2D eigenvalue weighted by Gasteiger charge is -2.19. The van der Waals surface area contributed by atoms with Gasteiger partial charge in [-0.05, 0) is 51.8 Å². The highest BCUT2D eigenvalue weighted by Gasteiger charge is 2.17. The van der Waals surface area contributed by atoms with Gasteiger partial charge >= 0.3 is 18.0 Å². The van der Waals surface area contributed by atoms with E-state index in [0.717, 1.165) is 6.07 Å². The fourth-order valence-electron chi connectivity index (χ4n) is 2.12. The van der Waals surface area contributed by atoms with Crippen LogP contribution in [0.25, 0.3) is 0 Å². The van der Waals surface area contributed by atoms with Crippen molar-refractivity contribution in [1.29, 1.82) is 0 Å². The molecule has 0 unspecified atom stereocenters. The number of ether oxygens (including phenoxy) is 3. The summed E-state index contributed by atoms with van der Waals surface area (Å²) in [5.41, 5.74) is -0.787. The Hall–Kier alpha value is -3.57. The van der Waals surface area contributed by atoms with Gasteiger partial charge in [-0.3, -0.25) is 4.79 Å². The van der Waals surface area contributed by atoms with Crippen LogP contribution in [0, 0.1) is 10.1 Å². The maximum atomic E-state index is 12.1. The molecule has 12 heteroatoms. The van der Waals surface area contributed by atoms with Crippen LogP contribution in [0.2, 0.25) is 0 Å². The first kappa shape index (κ1) is 25.5. The zero-order valence-electron chi connectivity index (χ0n) is 17.5. The quantitative estimate of drug-likeness (QED) is 0.162. The second kappa shape index (κ2) is 12.2. The first-order valence-corrected chi connectivity index (χ1v) is 9.43. The number of alkyl carbamates (subject to hydrolysis) is 1. The number of carboxylic acids is 1. The second-order valence-electron chi connectivity index (χ2n) is 7.23. The van der Waals surface area contributed by atoms with Gasteiger partial charge in [0.25, 0.3) is 5.09 Å². The Balaban J connectivity index is 2.61. The number of hydrogen-bond acceptors (Lipinski definition) is 9. The van der Waals surface area contributed by atoms with Crippen LogP contribution in [0.4, 0.5) is 4.79 Å². The largest absolute Gasteiger partial charge is 0.490 e. The molecule has 0 spiro atoms. The van der Waals surface area contributed by atoms with Crippen molar-refractivity contribution in [3.8, 4) is 11.5 Å². The van der Waals surface area contributed by atoms with Crippen LogP contribution in [-0.2, 0) is 14.4 Å². The summed E-state index contributed by atoms with van der Waals surface area (Å²) in [7, 11) is 0. The normalized spacial score (nSPS) is 10.7. The molecule has 0 aliphatic heterocycles. The number of carbonyl (C=O) groups is 3.